The Morgan fingerprint density at radius 1 is 1.06 bits per heavy atom. The first-order valence-corrected chi connectivity index (χ1v) is 5.64. The van der Waals surface area contributed by atoms with Crippen molar-refractivity contribution < 1.29 is 0 Å². The zero-order valence-corrected chi connectivity index (χ0v) is 10.3. The van der Waals surface area contributed by atoms with Gasteiger partial charge in [0.05, 0.1) is 11.4 Å². The van der Waals surface area contributed by atoms with Crippen LogP contribution < -0.4 is 16.4 Å². The highest BCUT2D eigenvalue weighted by Crippen LogP contribution is 2.30. The normalized spacial score (nSPS) is 9.83. The number of nitrogens with one attached hydrogen (secondary N) is 2. The zero-order chi connectivity index (χ0) is 13.0. The SMILES string of the molecule is C=Nc1cc(NC)ccc1Nc1ccc(N)cc1. The number of nitrogen functional groups attached to an aromatic ring is 1. The summed E-state index contributed by atoms with van der Waals surface area (Å²) < 4.78 is 0. The molecule has 0 aliphatic heterocycles. The Hall–Kier alpha value is -2.49. The monoisotopic (exact) mass is 240 g/mol. The number of nitrogens with two attached hydrogens (primary N) is 1. The van der Waals surface area contributed by atoms with E-state index in [0.29, 0.717) is 0 Å². The van der Waals surface area contributed by atoms with Crippen molar-refractivity contribution in [3.63, 3.8) is 0 Å². The van der Waals surface area contributed by atoms with Crippen LogP contribution in [-0.2, 0) is 0 Å². The molecule has 4 N–H and O–H groups in total. The van der Waals surface area contributed by atoms with Crippen LogP contribution in [0.1, 0.15) is 0 Å². The van der Waals surface area contributed by atoms with Crippen LogP contribution in [-0.4, -0.2) is 13.8 Å². The summed E-state index contributed by atoms with van der Waals surface area (Å²) in [6, 6.07) is 13.4. The molecule has 0 aromatic heterocycles. The summed E-state index contributed by atoms with van der Waals surface area (Å²) in [5.41, 5.74) is 10.1. The topological polar surface area (TPSA) is 62.4 Å². The average molecular weight is 240 g/mol. The maximum atomic E-state index is 5.65. The number of benzene rings is 2. The number of aliphatic imine (C=N–C) groups is 1. The molecule has 0 radical (unpaired) electrons. The molecule has 0 unspecified atom stereocenters. The predicted molar refractivity (Wildman–Crippen MR) is 79.3 cm³/mol. The Morgan fingerprint density at radius 3 is 2.33 bits per heavy atom. The third-order valence-electron chi connectivity index (χ3n) is 2.65. The fraction of sp³-hybridized carbons (Fsp3) is 0.0714. The first-order valence-electron chi connectivity index (χ1n) is 5.64. The van der Waals surface area contributed by atoms with Gasteiger partial charge in [-0.25, -0.2) is 0 Å². The van der Waals surface area contributed by atoms with E-state index < -0.39 is 0 Å². The van der Waals surface area contributed by atoms with Crippen molar-refractivity contribution in [2.24, 2.45) is 4.99 Å². The molecular weight excluding hydrogens is 224 g/mol. The molecule has 0 aliphatic rings. The van der Waals surface area contributed by atoms with Gasteiger partial charge in [-0.15, -0.1) is 0 Å². The number of hydrogen-bond acceptors (Lipinski definition) is 4. The molecule has 0 fully saturated rings. The van der Waals surface area contributed by atoms with Crippen LogP contribution in [0.25, 0.3) is 0 Å². The highest BCUT2D eigenvalue weighted by molar-refractivity contribution is 5.77. The quantitative estimate of drug-likeness (QED) is 0.567. The van der Waals surface area contributed by atoms with Crippen molar-refractivity contribution in [1.82, 2.24) is 0 Å². The van der Waals surface area contributed by atoms with Gasteiger partial charge < -0.3 is 16.4 Å². The first kappa shape index (κ1) is 12.0. The summed E-state index contributed by atoms with van der Waals surface area (Å²) in [5, 5.41) is 6.35. The maximum absolute atomic E-state index is 5.65. The van der Waals surface area contributed by atoms with Gasteiger partial charge in [0.25, 0.3) is 0 Å². The van der Waals surface area contributed by atoms with Gasteiger partial charge in [0.2, 0.25) is 0 Å². The summed E-state index contributed by atoms with van der Waals surface area (Å²) in [6.07, 6.45) is 0. The summed E-state index contributed by atoms with van der Waals surface area (Å²) in [5.74, 6) is 0. The molecule has 0 aliphatic carbocycles. The number of hydrogen-bond donors (Lipinski definition) is 3. The third kappa shape index (κ3) is 2.60. The second-order valence-electron chi connectivity index (χ2n) is 3.89. The third-order valence-corrected chi connectivity index (χ3v) is 2.65. The Kier molecular flexibility index (Phi) is 3.48. The average Bonchev–Trinajstić information content (AvgIpc) is 2.41. The van der Waals surface area contributed by atoms with E-state index in [1.807, 2.05) is 49.5 Å². The molecule has 0 amide bonds. The van der Waals surface area contributed by atoms with Crippen molar-refractivity contribution in [2.75, 3.05) is 23.4 Å². The lowest BCUT2D eigenvalue weighted by molar-refractivity contribution is 1.45. The van der Waals surface area contributed by atoms with E-state index in [4.69, 9.17) is 5.73 Å². The van der Waals surface area contributed by atoms with E-state index in [2.05, 4.69) is 22.3 Å². The Morgan fingerprint density at radius 2 is 1.72 bits per heavy atom. The van der Waals surface area contributed by atoms with Gasteiger partial charge in [0.1, 0.15) is 0 Å². The first-order chi connectivity index (χ1) is 8.72. The van der Waals surface area contributed by atoms with Crippen LogP contribution >= 0.6 is 0 Å². The lowest BCUT2D eigenvalue weighted by Crippen LogP contribution is -1.93. The van der Waals surface area contributed by atoms with Gasteiger partial charge in [0, 0.05) is 24.1 Å². The van der Waals surface area contributed by atoms with Crippen molar-refractivity contribution in [2.45, 2.75) is 0 Å². The molecule has 0 bridgehead atoms. The van der Waals surface area contributed by atoms with Gasteiger partial charge in [-0.05, 0) is 49.2 Å². The molecule has 4 nitrogen and oxygen atoms in total. The Balaban J connectivity index is 2.28. The van der Waals surface area contributed by atoms with E-state index >= 15 is 0 Å². The molecule has 0 heterocycles. The van der Waals surface area contributed by atoms with E-state index in [-0.39, 0.29) is 0 Å². The van der Waals surface area contributed by atoms with Gasteiger partial charge >= 0.3 is 0 Å². The van der Waals surface area contributed by atoms with Crippen LogP contribution in [0.2, 0.25) is 0 Å². The molecule has 4 heteroatoms. The lowest BCUT2D eigenvalue weighted by atomic mass is 10.2. The fourth-order valence-corrected chi connectivity index (χ4v) is 1.65. The number of nitrogens with zero attached hydrogens (tertiary/aromatic N) is 1. The molecular formula is C14H16N4. The highest BCUT2D eigenvalue weighted by atomic mass is 14.9. The smallest absolute Gasteiger partial charge is 0.0877 e. The van der Waals surface area contributed by atoms with Crippen LogP contribution in [0, 0.1) is 0 Å². The van der Waals surface area contributed by atoms with E-state index in [1.54, 1.807) is 0 Å². The Bertz CT molecular complexity index is 546. The molecule has 2 rings (SSSR count). The molecule has 92 valence electrons. The second kappa shape index (κ2) is 5.23. The molecule has 2 aromatic rings. The minimum atomic E-state index is 0.744. The van der Waals surface area contributed by atoms with Gasteiger partial charge in [-0.1, -0.05) is 0 Å². The largest absolute Gasteiger partial charge is 0.399 e. The molecule has 0 saturated carbocycles. The fourth-order valence-electron chi connectivity index (χ4n) is 1.65. The Labute approximate surface area is 107 Å². The van der Waals surface area contributed by atoms with E-state index in [0.717, 1.165) is 28.4 Å². The van der Waals surface area contributed by atoms with E-state index in [1.165, 1.54) is 0 Å². The van der Waals surface area contributed by atoms with Gasteiger partial charge in [-0.3, -0.25) is 4.99 Å². The van der Waals surface area contributed by atoms with Crippen LogP contribution in [0.15, 0.2) is 47.5 Å². The second-order valence-corrected chi connectivity index (χ2v) is 3.89. The number of rotatable bonds is 4. The summed E-state index contributed by atoms with van der Waals surface area (Å²) >= 11 is 0. The van der Waals surface area contributed by atoms with Crippen LogP contribution in [0.3, 0.4) is 0 Å². The summed E-state index contributed by atoms with van der Waals surface area (Å²) in [7, 11) is 1.87. The summed E-state index contributed by atoms with van der Waals surface area (Å²) in [6.45, 7) is 3.58. The molecule has 0 saturated heterocycles. The minimum Gasteiger partial charge on any atom is -0.399 e. The number of anilines is 4. The van der Waals surface area contributed by atoms with E-state index in [9.17, 15) is 0 Å². The van der Waals surface area contributed by atoms with Crippen molar-refractivity contribution in [3.05, 3.63) is 42.5 Å². The minimum absolute atomic E-state index is 0.744. The predicted octanol–water partition coefficient (Wildman–Crippen LogP) is 3.39. The maximum Gasteiger partial charge on any atom is 0.0877 e. The lowest BCUT2D eigenvalue weighted by Gasteiger charge is -2.11. The standard InChI is InChI=1S/C14H16N4/c1-16-12-7-8-13(14(9-12)17-2)18-11-5-3-10(15)4-6-11/h3-9,16,18H,2,15H2,1H3. The molecule has 2 aromatic carbocycles. The zero-order valence-electron chi connectivity index (χ0n) is 10.3. The molecule has 0 spiro atoms. The van der Waals surface area contributed by atoms with Crippen LogP contribution in [0.5, 0.6) is 0 Å². The van der Waals surface area contributed by atoms with Gasteiger partial charge in [0.15, 0.2) is 0 Å². The molecule has 18 heavy (non-hydrogen) atoms. The molecule has 0 atom stereocenters. The van der Waals surface area contributed by atoms with Crippen molar-refractivity contribution in [1.29, 1.82) is 0 Å². The summed E-state index contributed by atoms with van der Waals surface area (Å²) in [4.78, 5) is 4.02. The highest BCUT2D eigenvalue weighted by Gasteiger charge is 2.02. The van der Waals surface area contributed by atoms with Crippen molar-refractivity contribution >= 4 is 35.2 Å². The van der Waals surface area contributed by atoms with Crippen LogP contribution in [0.4, 0.5) is 28.4 Å². The van der Waals surface area contributed by atoms with Crippen molar-refractivity contribution in [3.8, 4) is 0 Å². The van der Waals surface area contributed by atoms with Gasteiger partial charge in [-0.2, -0.15) is 0 Å².